The van der Waals surface area contributed by atoms with Crippen molar-refractivity contribution in [2.24, 2.45) is 4.99 Å². The Labute approximate surface area is 155 Å². The van der Waals surface area contributed by atoms with Gasteiger partial charge in [0.15, 0.2) is 5.17 Å². The van der Waals surface area contributed by atoms with Crippen LogP contribution >= 0.6 is 50.9 Å². The number of carbonyl (C=O) groups is 1. The second-order valence-corrected chi connectivity index (χ2v) is 7.42. The summed E-state index contributed by atoms with van der Waals surface area (Å²) in [5, 5.41) is 4.19. The third kappa shape index (κ3) is 4.18. The van der Waals surface area contributed by atoms with Crippen LogP contribution in [-0.4, -0.2) is 11.1 Å². The molecule has 1 amide bonds. The number of aliphatic imine (C=N–C) groups is 1. The lowest BCUT2D eigenvalue weighted by molar-refractivity contribution is -0.115. The molecule has 2 aromatic carbocycles. The molecule has 0 spiro atoms. The first kappa shape index (κ1) is 16.6. The van der Waals surface area contributed by atoms with Crippen molar-refractivity contribution in [2.45, 2.75) is 0 Å². The summed E-state index contributed by atoms with van der Waals surface area (Å²) in [5.74, 6) is -0.179. The lowest BCUT2D eigenvalue weighted by Crippen LogP contribution is -2.19. The first-order chi connectivity index (χ1) is 11.0. The molecule has 1 saturated heterocycles. The van der Waals surface area contributed by atoms with Gasteiger partial charge in [-0.1, -0.05) is 51.3 Å². The number of nitrogens with one attached hydrogen (secondary N) is 1. The summed E-state index contributed by atoms with van der Waals surface area (Å²) >= 11 is 16.6. The molecule has 1 heterocycles. The molecular formula is C16H9BrCl2N2OS. The fourth-order valence-corrected chi connectivity index (χ4v) is 3.42. The molecule has 1 aliphatic heterocycles. The van der Waals surface area contributed by atoms with Crippen LogP contribution < -0.4 is 5.32 Å². The Hall–Kier alpha value is -1.27. The summed E-state index contributed by atoms with van der Waals surface area (Å²) < 4.78 is 0.989. The summed E-state index contributed by atoms with van der Waals surface area (Å²) in [6.45, 7) is 0. The van der Waals surface area contributed by atoms with Crippen molar-refractivity contribution in [1.82, 2.24) is 5.32 Å². The van der Waals surface area contributed by atoms with Crippen molar-refractivity contribution in [3.63, 3.8) is 0 Å². The SMILES string of the molecule is O=C1NC(=Nc2ccc(Cl)cc2Cl)SC1=Cc1ccc(Br)cc1. The topological polar surface area (TPSA) is 41.5 Å². The fraction of sp³-hybridized carbons (Fsp3) is 0. The van der Waals surface area contributed by atoms with Gasteiger partial charge in [0.2, 0.25) is 0 Å². The maximum Gasteiger partial charge on any atom is 0.264 e. The molecule has 0 aromatic heterocycles. The van der Waals surface area contributed by atoms with Crippen molar-refractivity contribution < 1.29 is 4.79 Å². The number of halogens is 3. The number of amides is 1. The minimum absolute atomic E-state index is 0.179. The van der Waals surface area contributed by atoms with E-state index < -0.39 is 0 Å². The number of hydrogen-bond donors (Lipinski definition) is 1. The van der Waals surface area contributed by atoms with Crippen molar-refractivity contribution in [3.05, 3.63) is 67.5 Å². The Morgan fingerprint density at radius 3 is 2.57 bits per heavy atom. The lowest BCUT2D eigenvalue weighted by Gasteiger charge is -1.99. The first-order valence-corrected chi connectivity index (χ1v) is 8.88. The quantitative estimate of drug-likeness (QED) is 0.629. The van der Waals surface area contributed by atoms with Crippen LogP contribution in [0, 0.1) is 0 Å². The average molecular weight is 428 g/mol. The van der Waals surface area contributed by atoms with Crippen molar-refractivity contribution >= 4 is 73.7 Å². The van der Waals surface area contributed by atoms with E-state index in [1.165, 1.54) is 11.8 Å². The van der Waals surface area contributed by atoms with Crippen LogP contribution in [0.15, 0.2) is 56.8 Å². The standard InChI is InChI=1S/C16H9BrCl2N2OS/c17-10-3-1-9(2-4-10)7-14-15(22)21-16(23-14)20-13-6-5-11(18)8-12(13)19/h1-8H,(H,20,21,22). The fourth-order valence-electron chi connectivity index (χ4n) is 1.87. The highest BCUT2D eigenvalue weighted by Gasteiger charge is 2.24. The highest BCUT2D eigenvalue weighted by atomic mass is 79.9. The van der Waals surface area contributed by atoms with E-state index >= 15 is 0 Å². The molecule has 0 radical (unpaired) electrons. The van der Waals surface area contributed by atoms with Gasteiger partial charge in [-0.2, -0.15) is 0 Å². The second-order valence-electron chi connectivity index (χ2n) is 4.63. The second kappa shape index (κ2) is 7.09. The zero-order valence-electron chi connectivity index (χ0n) is 11.5. The van der Waals surface area contributed by atoms with E-state index in [9.17, 15) is 4.79 Å². The third-order valence-corrected chi connectivity index (χ3v) is 4.93. The van der Waals surface area contributed by atoms with Gasteiger partial charge < -0.3 is 5.32 Å². The van der Waals surface area contributed by atoms with Gasteiger partial charge >= 0.3 is 0 Å². The summed E-state index contributed by atoms with van der Waals surface area (Å²) in [5.41, 5.74) is 1.50. The monoisotopic (exact) mass is 426 g/mol. The Kier molecular flexibility index (Phi) is 5.11. The number of thioether (sulfide) groups is 1. The number of carbonyl (C=O) groups excluding carboxylic acids is 1. The van der Waals surface area contributed by atoms with Gasteiger partial charge in [0, 0.05) is 9.50 Å². The van der Waals surface area contributed by atoms with Gasteiger partial charge in [-0.15, -0.1) is 0 Å². The Morgan fingerprint density at radius 2 is 1.87 bits per heavy atom. The molecule has 7 heteroatoms. The molecule has 2 aromatic rings. The summed E-state index contributed by atoms with van der Waals surface area (Å²) in [6.07, 6.45) is 1.82. The van der Waals surface area contributed by atoms with Crippen molar-refractivity contribution in [2.75, 3.05) is 0 Å². The molecule has 116 valence electrons. The predicted molar refractivity (Wildman–Crippen MR) is 101 cm³/mol. The van der Waals surface area contributed by atoms with Crippen LogP contribution in [0.5, 0.6) is 0 Å². The molecule has 0 atom stereocenters. The molecule has 23 heavy (non-hydrogen) atoms. The van der Waals surface area contributed by atoms with Crippen LogP contribution in [0.4, 0.5) is 5.69 Å². The minimum Gasteiger partial charge on any atom is -0.300 e. The van der Waals surface area contributed by atoms with E-state index in [0.717, 1.165) is 10.0 Å². The number of hydrogen-bond acceptors (Lipinski definition) is 3. The Balaban J connectivity index is 1.84. The summed E-state index contributed by atoms with van der Waals surface area (Å²) in [7, 11) is 0. The van der Waals surface area contributed by atoms with E-state index in [4.69, 9.17) is 23.2 Å². The maximum atomic E-state index is 12.0. The van der Waals surface area contributed by atoms with Gasteiger partial charge in [-0.25, -0.2) is 4.99 Å². The molecule has 1 N–H and O–H groups in total. The minimum atomic E-state index is -0.179. The third-order valence-electron chi connectivity index (χ3n) is 2.95. The normalized spacial score (nSPS) is 17.8. The Bertz CT molecular complexity index is 834. The van der Waals surface area contributed by atoms with Crippen molar-refractivity contribution in [3.8, 4) is 0 Å². The van der Waals surface area contributed by atoms with Crippen LogP contribution in [0.25, 0.3) is 6.08 Å². The largest absolute Gasteiger partial charge is 0.300 e. The maximum absolute atomic E-state index is 12.0. The Morgan fingerprint density at radius 1 is 1.13 bits per heavy atom. The van der Waals surface area contributed by atoms with E-state index in [-0.39, 0.29) is 5.91 Å². The van der Waals surface area contributed by atoms with Crippen molar-refractivity contribution in [1.29, 1.82) is 0 Å². The summed E-state index contributed by atoms with van der Waals surface area (Å²) in [4.78, 5) is 17.0. The molecule has 0 unspecified atom stereocenters. The number of amidine groups is 1. The highest BCUT2D eigenvalue weighted by molar-refractivity contribution is 9.10. The molecule has 3 rings (SSSR count). The molecule has 0 aliphatic carbocycles. The van der Waals surface area contributed by atoms with E-state index in [1.54, 1.807) is 18.2 Å². The number of rotatable bonds is 2. The molecule has 1 aliphatic rings. The predicted octanol–water partition coefficient (Wildman–Crippen LogP) is 5.65. The molecule has 0 bridgehead atoms. The molecule has 0 saturated carbocycles. The zero-order chi connectivity index (χ0) is 16.4. The van der Waals surface area contributed by atoms with E-state index in [2.05, 4.69) is 26.2 Å². The van der Waals surface area contributed by atoms with Gasteiger partial charge in [-0.05, 0) is 53.7 Å². The molecular weight excluding hydrogens is 419 g/mol. The van der Waals surface area contributed by atoms with Crippen LogP contribution in [0.1, 0.15) is 5.56 Å². The van der Waals surface area contributed by atoms with E-state index in [0.29, 0.717) is 25.8 Å². The van der Waals surface area contributed by atoms with Crippen LogP contribution in [-0.2, 0) is 4.79 Å². The average Bonchev–Trinajstić information content (AvgIpc) is 2.84. The number of benzene rings is 2. The van der Waals surface area contributed by atoms with Gasteiger partial charge in [0.25, 0.3) is 5.91 Å². The van der Waals surface area contributed by atoms with Crippen LogP contribution in [0.3, 0.4) is 0 Å². The zero-order valence-corrected chi connectivity index (χ0v) is 15.4. The molecule has 1 fully saturated rings. The highest BCUT2D eigenvalue weighted by Crippen LogP contribution is 2.32. The smallest absolute Gasteiger partial charge is 0.264 e. The molecule has 3 nitrogen and oxygen atoms in total. The number of nitrogens with zero attached hydrogens (tertiary/aromatic N) is 1. The van der Waals surface area contributed by atoms with Crippen LogP contribution in [0.2, 0.25) is 10.0 Å². The van der Waals surface area contributed by atoms with Gasteiger partial charge in [-0.3, -0.25) is 4.79 Å². The van der Waals surface area contributed by atoms with E-state index in [1.807, 2.05) is 30.3 Å². The van der Waals surface area contributed by atoms with Gasteiger partial charge in [0.1, 0.15) is 0 Å². The lowest BCUT2D eigenvalue weighted by atomic mass is 10.2. The van der Waals surface area contributed by atoms with Gasteiger partial charge in [0.05, 0.1) is 15.6 Å². The first-order valence-electron chi connectivity index (χ1n) is 6.51. The summed E-state index contributed by atoms with van der Waals surface area (Å²) in [6, 6.07) is 12.7.